The number of benzene rings is 1. The number of amides is 3. The second-order valence-electron chi connectivity index (χ2n) is 8.79. The molecule has 180 valence electrons. The van der Waals surface area contributed by atoms with E-state index in [0.717, 1.165) is 15.4 Å². The predicted molar refractivity (Wildman–Crippen MR) is 108 cm³/mol. The van der Waals surface area contributed by atoms with Crippen LogP contribution in [-0.4, -0.2) is 82.7 Å². The quantitative estimate of drug-likeness (QED) is 0.634. The number of ether oxygens (including phenoxy) is 1. The number of likely N-dealkylation sites (tertiary alicyclic amines) is 1. The first-order valence-electron chi connectivity index (χ1n) is 10.9. The van der Waals surface area contributed by atoms with Crippen molar-refractivity contribution in [1.29, 1.82) is 0 Å². The minimum Gasteiger partial charge on any atom is -0.445 e. The van der Waals surface area contributed by atoms with Gasteiger partial charge < -0.3 is 14.5 Å². The Morgan fingerprint density at radius 1 is 1.06 bits per heavy atom. The van der Waals surface area contributed by atoms with Gasteiger partial charge in [0.25, 0.3) is 0 Å². The van der Waals surface area contributed by atoms with Gasteiger partial charge in [-0.25, -0.2) is 9.18 Å². The molecule has 7 nitrogen and oxygen atoms in total. The number of halogens is 4. The Labute approximate surface area is 188 Å². The first-order valence-corrected chi connectivity index (χ1v) is 10.9. The largest absolute Gasteiger partial charge is 0.471 e. The van der Waals surface area contributed by atoms with Crippen LogP contribution in [0.5, 0.6) is 0 Å². The molecule has 0 unspecified atom stereocenters. The van der Waals surface area contributed by atoms with E-state index >= 15 is 0 Å². The molecule has 4 rings (SSSR count). The lowest BCUT2D eigenvalue weighted by molar-refractivity contribution is -0.191. The highest BCUT2D eigenvalue weighted by atomic mass is 19.4. The molecule has 11 heteroatoms. The van der Waals surface area contributed by atoms with Crippen molar-refractivity contribution >= 4 is 17.9 Å². The summed E-state index contributed by atoms with van der Waals surface area (Å²) >= 11 is 0. The number of rotatable bonds is 4. The summed E-state index contributed by atoms with van der Waals surface area (Å²) in [5.74, 6) is -2.34. The van der Waals surface area contributed by atoms with Crippen LogP contribution >= 0.6 is 0 Å². The van der Waals surface area contributed by atoms with Crippen molar-refractivity contribution in [3.05, 3.63) is 35.9 Å². The van der Waals surface area contributed by atoms with Crippen molar-refractivity contribution in [1.82, 2.24) is 14.7 Å². The van der Waals surface area contributed by atoms with E-state index in [1.807, 2.05) is 6.07 Å². The van der Waals surface area contributed by atoms with Crippen molar-refractivity contribution in [3.8, 4) is 0 Å². The molecule has 33 heavy (non-hydrogen) atoms. The molecule has 1 spiro atoms. The molecule has 3 fully saturated rings. The van der Waals surface area contributed by atoms with E-state index in [2.05, 4.69) is 0 Å². The van der Waals surface area contributed by atoms with E-state index in [1.54, 1.807) is 24.3 Å². The normalized spacial score (nSPS) is 24.2. The molecule has 0 N–H and O–H groups in total. The summed E-state index contributed by atoms with van der Waals surface area (Å²) in [7, 11) is 0. The van der Waals surface area contributed by atoms with Gasteiger partial charge in [0.15, 0.2) is 0 Å². The van der Waals surface area contributed by atoms with Gasteiger partial charge in [-0.3, -0.25) is 14.5 Å². The van der Waals surface area contributed by atoms with Crippen molar-refractivity contribution in [2.24, 2.45) is 0 Å². The van der Waals surface area contributed by atoms with Crippen LogP contribution in [0, 0.1) is 0 Å². The number of hydrogen-bond acceptors (Lipinski definition) is 4. The summed E-state index contributed by atoms with van der Waals surface area (Å²) in [6.45, 7) is -1.20. The molecule has 2 aliphatic heterocycles. The Morgan fingerprint density at radius 2 is 1.76 bits per heavy atom. The molecule has 1 saturated carbocycles. The SMILES string of the molecule is O=C([C@@H]1CC[C@@H](CF)N1C(=O)OCc1ccccc1)N1CCN(C(=O)C(F)(F)F)C2(CC2)C1. The van der Waals surface area contributed by atoms with Gasteiger partial charge in [-0.15, -0.1) is 0 Å². The number of carbonyl (C=O) groups is 3. The standard InChI is InChI=1S/C22H25F4N3O4/c23-12-16-6-7-17(29(16)20(32)33-13-15-4-2-1-3-5-15)18(30)27-10-11-28(19(31)22(24,25)26)21(14-27)8-9-21/h1-5,16-17H,6-14H2/t16-,17-/m0/s1. The maximum Gasteiger partial charge on any atom is 0.471 e. The molecule has 0 bridgehead atoms. The third-order valence-corrected chi connectivity index (χ3v) is 6.66. The summed E-state index contributed by atoms with van der Waals surface area (Å²) < 4.78 is 57.8. The van der Waals surface area contributed by atoms with Crippen LogP contribution in [0.1, 0.15) is 31.2 Å². The van der Waals surface area contributed by atoms with Gasteiger partial charge in [-0.05, 0) is 31.2 Å². The van der Waals surface area contributed by atoms with Crippen LogP contribution in [0.3, 0.4) is 0 Å². The lowest BCUT2D eigenvalue weighted by Crippen LogP contribution is -2.62. The molecular formula is C22H25F4N3O4. The lowest BCUT2D eigenvalue weighted by atomic mass is 10.1. The first-order chi connectivity index (χ1) is 15.7. The van der Waals surface area contributed by atoms with Gasteiger partial charge in [0.2, 0.25) is 5.91 Å². The third-order valence-electron chi connectivity index (χ3n) is 6.66. The van der Waals surface area contributed by atoms with Crippen molar-refractivity contribution in [2.75, 3.05) is 26.3 Å². The number of alkyl halides is 4. The van der Waals surface area contributed by atoms with Crippen LogP contribution < -0.4 is 0 Å². The van der Waals surface area contributed by atoms with Gasteiger partial charge in [0, 0.05) is 19.6 Å². The number of hydrogen-bond donors (Lipinski definition) is 0. The Bertz CT molecular complexity index is 907. The van der Waals surface area contributed by atoms with Crippen LogP contribution in [0.25, 0.3) is 0 Å². The zero-order valence-corrected chi connectivity index (χ0v) is 17.9. The van der Waals surface area contributed by atoms with Crippen molar-refractivity contribution < 1.29 is 36.7 Å². The van der Waals surface area contributed by atoms with Gasteiger partial charge in [0.05, 0.1) is 11.6 Å². The van der Waals surface area contributed by atoms with E-state index in [0.29, 0.717) is 12.8 Å². The molecule has 3 amide bonds. The van der Waals surface area contributed by atoms with E-state index in [1.165, 1.54) is 4.90 Å². The molecule has 0 aromatic heterocycles. The van der Waals surface area contributed by atoms with Gasteiger partial charge in [-0.1, -0.05) is 30.3 Å². The number of nitrogens with zero attached hydrogens (tertiary/aromatic N) is 3. The zero-order valence-electron chi connectivity index (χ0n) is 17.9. The highest BCUT2D eigenvalue weighted by molar-refractivity contribution is 5.88. The minimum atomic E-state index is -4.97. The van der Waals surface area contributed by atoms with E-state index in [-0.39, 0.29) is 39.1 Å². The maximum absolute atomic E-state index is 13.6. The van der Waals surface area contributed by atoms with Gasteiger partial charge in [-0.2, -0.15) is 13.2 Å². The molecule has 2 heterocycles. The predicted octanol–water partition coefficient (Wildman–Crippen LogP) is 2.89. The van der Waals surface area contributed by atoms with Crippen LogP contribution in [0.4, 0.5) is 22.4 Å². The Kier molecular flexibility index (Phi) is 6.24. The van der Waals surface area contributed by atoms with Gasteiger partial charge in [0.1, 0.15) is 19.3 Å². The number of piperazine rings is 1. The fraction of sp³-hybridized carbons (Fsp3) is 0.591. The average molecular weight is 471 g/mol. The van der Waals surface area contributed by atoms with E-state index in [4.69, 9.17) is 4.74 Å². The molecule has 0 radical (unpaired) electrons. The van der Waals surface area contributed by atoms with Gasteiger partial charge >= 0.3 is 18.2 Å². The smallest absolute Gasteiger partial charge is 0.445 e. The van der Waals surface area contributed by atoms with Crippen LogP contribution in [-0.2, 0) is 20.9 Å². The Morgan fingerprint density at radius 3 is 2.36 bits per heavy atom. The zero-order chi connectivity index (χ0) is 23.8. The fourth-order valence-corrected chi connectivity index (χ4v) is 4.77. The third kappa shape index (κ3) is 4.63. The summed E-state index contributed by atoms with van der Waals surface area (Å²) in [5, 5.41) is 0. The maximum atomic E-state index is 13.6. The topological polar surface area (TPSA) is 70.2 Å². The minimum absolute atomic E-state index is 0.0303. The summed E-state index contributed by atoms with van der Waals surface area (Å²) in [5.41, 5.74) is -0.275. The van der Waals surface area contributed by atoms with E-state index < -0.39 is 48.4 Å². The molecular weight excluding hydrogens is 446 g/mol. The molecule has 2 saturated heterocycles. The Balaban J connectivity index is 1.43. The molecule has 2 atom stereocenters. The number of carbonyl (C=O) groups excluding carboxylic acids is 3. The van der Waals surface area contributed by atoms with Crippen molar-refractivity contribution in [2.45, 2.75) is 56.1 Å². The summed E-state index contributed by atoms with van der Waals surface area (Å²) in [6, 6.07) is 7.17. The summed E-state index contributed by atoms with van der Waals surface area (Å²) in [6.07, 6.45) is -4.50. The molecule has 1 aromatic carbocycles. The van der Waals surface area contributed by atoms with Crippen LogP contribution in [0.15, 0.2) is 30.3 Å². The highest BCUT2D eigenvalue weighted by Gasteiger charge is 2.59. The summed E-state index contributed by atoms with van der Waals surface area (Å²) in [4.78, 5) is 41.2. The monoisotopic (exact) mass is 471 g/mol. The lowest BCUT2D eigenvalue weighted by Gasteiger charge is -2.43. The first kappa shape index (κ1) is 23.3. The van der Waals surface area contributed by atoms with Crippen LogP contribution in [0.2, 0.25) is 0 Å². The molecule has 1 aromatic rings. The van der Waals surface area contributed by atoms with E-state index in [9.17, 15) is 31.9 Å². The molecule has 1 aliphatic carbocycles. The molecule has 3 aliphatic rings. The van der Waals surface area contributed by atoms with Crippen molar-refractivity contribution in [3.63, 3.8) is 0 Å². The highest BCUT2D eigenvalue weighted by Crippen LogP contribution is 2.46. The fourth-order valence-electron chi connectivity index (χ4n) is 4.77. The average Bonchev–Trinajstić information content (AvgIpc) is 3.42. The second kappa shape index (κ2) is 8.83. The Hall–Kier alpha value is -2.85. The second-order valence-corrected chi connectivity index (χ2v) is 8.79.